The summed E-state index contributed by atoms with van der Waals surface area (Å²) < 4.78 is 25.4. The molecule has 0 aliphatic carbocycles. The van der Waals surface area contributed by atoms with Crippen LogP contribution < -0.4 is 0 Å². The molecule has 0 aromatic rings. The highest BCUT2D eigenvalue weighted by molar-refractivity contribution is 5.90. The molecule has 42 heavy (non-hydrogen) atoms. The first-order valence-electron chi connectivity index (χ1n) is 17.6. The van der Waals surface area contributed by atoms with Crippen LogP contribution in [-0.2, 0) is 14.3 Å². The first-order chi connectivity index (χ1) is 20.3. The van der Waals surface area contributed by atoms with Crippen LogP contribution in [0.4, 0.5) is 4.39 Å². The van der Waals surface area contributed by atoms with Gasteiger partial charge in [0.15, 0.2) is 0 Å². The van der Waals surface area contributed by atoms with Gasteiger partial charge in [-0.25, -0.2) is 9.18 Å². The van der Waals surface area contributed by atoms with Crippen molar-refractivity contribution >= 4 is 5.97 Å². The summed E-state index contributed by atoms with van der Waals surface area (Å²) in [6, 6.07) is 0. The molecule has 0 aromatic carbocycles. The Bertz CT molecular complexity index is 730. The highest BCUT2D eigenvalue weighted by Gasteiger charge is 2.34. The predicted octanol–water partition coefficient (Wildman–Crippen LogP) is 8.04. The number of hydrogen-bond donors (Lipinski definition) is 3. The Morgan fingerprint density at radius 3 is 1.74 bits per heavy atom. The molecule has 2 aliphatic rings. The van der Waals surface area contributed by atoms with E-state index in [4.69, 9.17) is 9.47 Å². The number of halogens is 1. The van der Waals surface area contributed by atoms with Crippen molar-refractivity contribution in [2.75, 3.05) is 0 Å². The Morgan fingerprint density at radius 1 is 0.738 bits per heavy atom. The topological polar surface area (TPSA) is 96.2 Å². The second kappa shape index (κ2) is 22.5. The maximum absolute atomic E-state index is 14.3. The second-order valence-electron chi connectivity index (χ2n) is 13.1. The second-order valence-corrected chi connectivity index (χ2v) is 13.1. The molecule has 0 amide bonds. The molecule has 0 aromatic heterocycles. The van der Waals surface area contributed by atoms with Crippen LogP contribution in [0, 0.1) is 0 Å². The van der Waals surface area contributed by atoms with Crippen molar-refractivity contribution in [3.05, 3.63) is 11.6 Å². The molecule has 1 unspecified atom stereocenters. The van der Waals surface area contributed by atoms with Gasteiger partial charge < -0.3 is 24.8 Å². The van der Waals surface area contributed by atoms with E-state index >= 15 is 0 Å². The summed E-state index contributed by atoms with van der Waals surface area (Å²) in [6.07, 6.45) is 20.5. The molecule has 2 rings (SSSR count). The molecule has 0 bridgehead atoms. The minimum atomic E-state index is -0.833. The summed E-state index contributed by atoms with van der Waals surface area (Å²) in [5.41, 5.74) is 0.556. The molecule has 1 fully saturated rings. The van der Waals surface area contributed by atoms with Crippen molar-refractivity contribution in [3.63, 3.8) is 0 Å². The fourth-order valence-electron chi connectivity index (χ4n) is 6.39. The zero-order valence-corrected chi connectivity index (χ0v) is 26.8. The zero-order chi connectivity index (χ0) is 30.6. The number of rotatable bonds is 26. The van der Waals surface area contributed by atoms with E-state index in [0.717, 1.165) is 57.8 Å². The average molecular weight is 598 g/mol. The zero-order valence-electron chi connectivity index (χ0n) is 26.8. The lowest BCUT2D eigenvalue weighted by atomic mass is 9.99. The summed E-state index contributed by atoms with van der Waals surface area (Å²) >= 11 is 0. The van der Waals surface area contributed by atoms with Gasteiger partial charge in [-0.15, -0.1) is 0 Å². The molecule has 0 radical (unpaired) electrons. The third-order valence-electron chi connectivity index (χ3n) is 9.07. The molecule has 1 saturated heterocycles. The van der Waals surface area contributed by atoms with E-state index in [-0.39, 0.29) is 24.3 Å². The maximum Gasteiger partial charge on any atom is 0.334 e. The minimum Gasteiger partial charge on any atom is -0.455 e. The molecular weight excluding hydrogens is 534 g/mol. The number of unbranched alkanes of at least 4 members (excludes halogenated alkanes) is 12. The monoisotopic (exact) mass is 597 g/mol. The maximum atomic E-state index is 14.3. The van der Waals surface area contributed by atoms with Gasteiger partial charge in [0.2, 0.25) is 0 Å². The van der Waals surface area contributed by atoms with Gasteiger partial charge in [0.05, 0.1) is 30.5 Å². The standard InChI is InChI=1S/C35H63FO6/c1-3-4-5-6-7-8-9-10-11-15-21-31(38)33-23-24-34(42-33)32(39)22-17-16-19-29(36)18-13-12-14-20-30(37)26-28-25-27(2)41-35(28)40/h25,27,29-34,37-39H,3-24,26H2,1-2H3/t27-,29?,30+,31-,32-,33-,34-/m0/s1/i36-1. The number of carbonyl (C=O) groups excluding carboxylic acids is 1. The fraction of sp³-hybridized carbons (Fsp3) is 0.914. The van der Waals surface area contributed by atoms with Gasteiger partial charge >= 0.3 is 5.97 Å². The minimum absolute atomic E-state index is 0.167. The lowest BCUT2D eigenvalue weighted by molar-refractivity contribution is -0.139. The van der Waals surface area contributed by atoms with Crippen molar-refractivity contribution in [2.24, 2.45) is 0 Å². The molecular formula is C35H63FO6. The number of esters is 1. The van der Waals surface area contributed by atoms with E-state index in [0.29, 0.717) is 37.7 Å². The highest BCUT2D eigenvalue weighted by atomic mass is 18.2. The summed E-state index contributed by atoms with van der Waals surface area (Å²) in [5.74, 6) is -0.331. The van der Waals surface area contributed by atoms with Gasteiger partial charge in [0.25, 0.3) is 0 Å². The summed E-state index contributed by atoms with van der Waals surface area (Å²) in [4.78, 5) is 11.6. The van der Waals surface area contributed by atoms with Crippen LogP contribution in [0.3, 0.4) is 0 Å². The van der Waals surface area contributed by atoms with Gasteiger partial charge in [-0.1, -0.05) is 103 Å². The van der Waals surface area contributed by atoms with Crippen LogP contribution in [0.5, 0.6) is 0 Å². The van der Waals surface area contributed by atoms with Crippen molar-refractivity contribution < 1.29 is 34.0 Å². The SMILES string of the molecule is CCCCCCCCCCCC[C@H](O)[C@@H]1CC[C@@H]([C@@H](O)CCCCC([18F])CCCCC[C@@H](O)CC2=C[C@H](C)OC2=O)O1. The van der Waals surface area contributed by atoms with Crippen LogP contribution in [0.2, 0.25) is 0 Å². The smallest absolute Gasteiger partial charge is 0.334 e. The summed E-state index contributed by atoms with van der Waals surface area (Å²) in [7, 11) is 0. The Morgan fingerprint density at radius 2 is 1.19 bits per heavy atom. The van der Waals surface area contributed by atoms with Crippen molar-refractivity contribution in [3.8, 4) is 0 Å². The van der Waals surface area contributed by atoms with Gasteiger partial charge in [0.1, 0.15) is 12.3 Å². The van der Waals surface area contributed by atoms with E-state index in [9.17, 15) is 24.5 Å². The fourth-order valence-corrected chi connectivity index (χ4v) is 6.39. The third kappa shape index (κ3) is 16.2. The summed E-state index contributed by atoms with van der Waals surface area (Å²) in [5, 5.41) is 31.3. The van der Waals surface area contributed by atoms with E-state index < -0.39 is 24.5 Å². The van der Waals surface area contributed by atoms with Crippen molar-refractivity contribution in [1.82, 2.24) is 0 Å². The van der Waals surface area contributed by atoms with E-state index in [2.05, 4.69) is 6.92 Å². The lowest BCUT2D eigenvalue weighted by Crippen LogP contribution is -2.31. The first kappa shape index (κ1) is 37.2. The average Bonchev–Trinajstić information content (AvgIpc) is 3.58. The number of aliphatic hydroxyl groups is 3. The number of carbonyl (C=O) groups is 1. The Hall–Kier alpha value is -1.02. The first-order valence-corrected chi connectivity index (χ1v) is 17.6. The normalized spacial score (nSPS) is 23.5. The largest absolute Gasteiger partial charge is 0.455 e. The summed E-state index contributed by atoms with van der Waals surface area (Å²) in [6.45, 7) is 4.05. The number of alkyl halides is 1. The molecule has 0 spiro atoms. The Balaban J connectivity index is 1.41. The van der Waals surface area contributed by atoms with Crippen LogP contribution >= 0.6 is 0 Å². The number of ether oxygens (including phenoxy) is 2. The molecule has 3 N–H and O–H groups in total. The van der Waals surface area contributed by atoms with E-state index in [1.165, 1.54) is 57.8 Å². The van der Waals surface area contributed by atoms with Gasteiger partial charge in [-0.3, -0.25) is 0 Å². The predicted molar refractivity (Wildman–Crippen MR) is 167 cm³/mol. The van der Waals surface area contributed by atoms with Crippen LogP contribution in [0.1, 0.15) is 162 Å². The van der Waals surface area contributed by atoms with Crippen molar-refractivity contribution in [1.29, 1.82) is 0 Å². The van der Waals surface area contributed by atoms with Crippen LogP contribution in [0.25, 0.3) is 0 Å². The van der Waals surface area contributed by atoms with Gasteiger partial charge in [-0.05, 0) is 57.9 Å². The molecule has 246 valence electrons. The lowest BCUT2D eigenvalue weighted by Gasteiger charge is -2.22. The molecule has 6 nitrogen and oxygen atoms in total. The number of aliphatic hydroxyl groups excluding tert-OH is 3. The van der Waals surface area contributed by atoms with Gasteiger partial charge in [-0.2, -0.15) is 0 Å². The molecule has 7 atom stereocenters. The number of cyclic esters (lactones) is 1. The molecule has 7 heteroatoms. The van der Waals surface area contributed by atoms with Crippen molar-refractivity contribution in [2.45, 2.75) is 204 Å². The quantitative estimate of drug-likeness (QED) is 0.0690. The van der Waals surface area contributed by atoms with Crippen LogP contribution in [-0.4, -0.2) is 64.1 Å². The van der Waals surface area contributed by atoms with E-state index in [1.807, 2.05) is 0 Å². The Labute approximate surface area is 255 Å². The van der Waals surface area contributed by atoms with Crippen LogP contribution in [0.15, 0.2) is 11.6 Å². The molecule has 2 heterocycles. The highest BCUT2D eigenvalue weighted by Crippen LogP contribution is 2.29. The molecule has 0 saturated carbocycles. The third-order valence-corrected chi connectivity index (χ3v) is 9.07. The Kier molecular flexibility index (Phi) is 19.9. The van der Waals surface area contributed by atoms with Gasteiger partial charge in [0, 0.05) is 12.0 Å². The number of hydrogen-bond acceptors (Lipinski definition) is 6. The van der Waals surface area contributed by atoms with E-state index in [1.54, 1.807) is 13.0 Å². The molecule has 2 aliphatic heterocycles.